The highest BCUT2D eigenvalue weighted by molar-refractivity contribution is 6.49. The van der Waals surface area contributed by atoms with E-state index < -0.39 is 0 Å². The van der Waals surface area contributed by atoms with E-state index in [1.54, 1.807) is 0 Å². The van der Waals surface area contributed by atoms with Crippen LogP contribution in [0.4, 0.5) is 5.69 Å². The first-order chi connectivity index (χ1) is 14.8. The highest BCUT2D eigenvalue weighted by atomic mass is 16.5. The fourth-order valence-corrected chi connectivity index (χ4v) is 4.32. The highest BCUT2D eigenvalue weighted by Crippen LogP contribution is 2.33. The molecule has 3 heterocycles. The Kier molecular flexibility index (Phi) is 5.22. The number of nitrogens with zero attached hydrogens (tertiary/aromatic N) is 4. The summed E-state index contributed by atoms with van der Waals surface area (Å²) < 4.78 is 8.15. The third-order valence-corrected chi connectivity index (χ3v) is 5.94. The third-order valence-electron chi connectivity index (χ3n) is 5.94. The number of allylic oxidation sites excluding steroid dienone is 2. The van der Waals surface area contributed by atoms with E-state index in [1.807, 2.05) is 41.5 Å². The van der Waals surface area contributed by atoms with Crippen LogP contribution in [0.1, 0.15) is 44.6 Å². The molecule has 1 atom stereocenters. The van der Waals surface area contributed by atoms with Crippen LogP contribution >= 0.6 is 0 Å². The molecule has 6 nitrogen and oxygen atoms in total. The van der Waals surface area contributed by atoms with Crippen molar-refractivity contribution in [1.29, 1.82) is 0 Å². The van der Waals surface area contributed by atoms with Crippen LogP contribution in [0.5, 0.6) is 5.75 Å². The molecule has 0 spiro atoms. The number of hydrogen-bond donors (Lipinski definition) is 1. The zero-order valence-corrected chi connectivity index (χ0v) is 17.3. The molecule has 1 aromatic heterocycles. The highest BCUT2D eigenvalue weighted by Gasteiger charge is 2.30. The molecule has 30 heavy (non-hydrogen) atoms. The predicted octanol–water partition coefficient (Wildman–Crippen LogP) is 5.06. The smallest absolute Gasteiger partial charge is 0.153 e. The summed E-state index contributed by atoms with van der Waals surface area (Å²) in [5.74, 6) is 1.79. The van der Waals surface area contributed by atoms with Gasteiger partial charge in [0, 0.05) is 42.5 Å². The Morgan fingerprint density at radius 1 is 1.17 bits per heavy atom. The zero-order chi connectivity index (χ0) is 20.3. The van der Waals surface area contributed by atoms with Gasteiger partial charge in [-0.3, -0.25) is 9.67 Å². The lowest BCUT2D eigenvalue weighted by atomic mass is 9.91. The molecular formula is C24H27N5O. The molecule has 1 unspecified atom stereocenters. The lowest BCUT2D eigenvalue weighted by molar-refractivity contribution is 0.155. The van der Waals surface area contributed by atoms with Gasteiger partial charge in [0.25, 0.3) is 0 Å². The zero-order valence-electron chi connectivity index (χ0n) is 17.3. The number of aromatic nitrogens is 2. The first-order valence-electron chi connectivity index (χ1n) is 10.9. The van der Waals surface area contributed by atoms with Crippen LogP contribution in [-0.4, -0.2) is 27.4 Å². The van der Waals surface area contributed by atoms with Crippen LogP contribution in [0, 0.1) is 5.92 Å². The van der Waals surface area contributed by atoms with Gasteiger partial charge in [-0.2, -0.15) is 5.10 Å². The molecule has 154 valence electrons. The van der Waals surface area contributed by atoms with Gasteiger partial charge in [0.2, 0.25) is 0 Å². The van der Waals surface area contributed by atoms with Crippen molar-refractivity contribution in [2.24, 2.45) is 15.9 Å². The number of amidine groups is 1. The van der Waals surface area contributed by atoms with E-state index >= 15 is 0 Å². The molecule has 6 heteroatoms. The van der Waals surface area contributed by atoms with Crippen molar-refractivity contribution in [3.05, 3.63) is 60.7 Å². The Bertz CT molecular complexity index is 1040. The number of aryl methyl sites for hydroxylation is 1. The number of nitrogens with one attached hydrogen (secondary N) is 1. The number of ether oxygens (including phenoxy) is 1. The van der Waals surface area contributed by atoms with E-state index in [9.17, 15) is 0 Å². The van der Waals surface area contributed by atoms with Crippen molar-refractivity contribution in [2.75, 3.05) is 5.32 Å². The molecule has 1 aromatic carbocycles. The molecule has 1 saturated carbocycles. The first kappa shape index (κ1) is 18.9. The minimum Gasteiger partial charge on any atom is -0.490 e. The van der Waals surface area contributed by atoms with Gasteiger partial charge >= 0.3 is 0 Å². The average Bonchev–Trinajstić information content (AvgIpc) is 3.42. The van der Waals surface area contributed by atoms with Crippen molar-refractivity contribution in [3.8, 4) is 5.75 Å². The van der Waals surface area contributed by atoms with E-state index in [1.165, 1.54) is 19.3 Å². The van der Waals surface area contributed by atoms with Gasteiger partial charge in [0.15, 0.2) is 5.84 Å². The maximum Gasteiger partial charge on any atom is 0.153 e. The molecular weight excluding hydrogens is 374 g/mol. The number of aliphatic imine (C=N–C) groups is 2. The van der Waals surface area contributed by atoms with Crippen LogP contribution < -0.4 is 10.1 Å². The van der Waals surface area contributed by atoms with E-state index in [-0.39, 0.29) is 5.92 Å². The quantitative estimate of drug-likeness (QED) is 0.761. The lowest BCUT2D eigenvalue weighted by Gasteiger charge is -2.23. The average molecular weight is 402 g/mol. The van der Waals surface area contributed by atoms with Gasteiger partial charge in [0.1, 0.15) is 5.75 Å². The summed E-state index contributed by atoms with van der Waals surface area (Å²) >= 11 is 0. The largest absolute Gasteiger partial charge is 0.490 e. The Balaban J connectivity index is 1.29. The molecule has 0 saturated heterocycles. The molecule has 0 bridgehead atoms. The summed E-state index contributed by atoms with van der Waals surface area (Å²) in [7, 11) is 0. The predicted molar refractivity (Wildman–Crippen MR) is 121 cm³/mol. The second-order valence-electron chi connectivity index (χ2n) is 8.01. The molecule has 0 amide bonds. The van der Waals surface area contributed by atoms with Gasteiger partial charge in [-0.25, -0.2) is 4.99 Å². The number of fused-ring (bicyclic) bond motifs is 1. The van der Waals surface area contributed by atoms with Crippen molar-refractivity contribution >= 4 is 22.8 Å². The van der Waals surface area contributed by atoms with Crippen molar-refractivity contribution in [3.63, 3.8) is 0 Å². The van der Waals surface area contributed by atoms with Crippen LogP contribution in [0.15, 0.2) is 65.1 Å². The minimum atomic E-state index is 0.0983. The standard InChI is InChI=1S/C24H27N5O/c1-2-29-16-17(14-27-29)22-15-26-23-21(22)11-12-25-24(23)28-18-7-6-10-20(13-18)30-19-8-4-3-5-9-19/h6-7,10-16,19,21H,2-5,8-9H2,1H3,(H,25,28). The summed E-state index contributed by atoms with van der Waals surface area (Å²) in [5.41, 5.74) is 4.17. The number of rotatable bonds is 5. The van der Waals surface area contributed by atoms with Gasteiger partial charge in [-0.05, 0) is 50.3 Å². The van der Waals surface area contributed by atoms with Crippen LogP contribution in [0.2, 0.25) is 0 Å². The molecule has 3 aliphatic rings. The Morgan fingerprint density at radius 2 is 2.07 bits per heavy atom. The van der Waals surface area contributed by atoms with Gasteiger partial charge in [-0.1, -0.05) is 18.6 Å². The van der Waals surface area contributed by atoms with E-state index in [4.69, 9.17) is 4.74 Å². The normalized spacial score (nSPS) is 21.0. The molecule has 1 aliphatic carbocycles. The fourth-order valence-electron chi connectivity index (χ4n) is 4.32. The fraction of sp³-hybridized carbons (Fsp3) is 0.375. The number of hydrogen-bond acceptors (Lipinski definition) is 5. The second kappa shape index (κ2) is 8.30. The summed E-state index contributed by atoms with van der Waals surface area (Å²) in [6.45, 7) is 2.94. The maximum absolute atomic E-state index is 6.22. The number of benzene rings is 1. The van der Waals surface area contributed by atoms with Gasteiger partial charge < -0.3 is 10.1 Å². The minimum absolute atomic E-state index is 0.0983. The summed E-state index contributed by atoms with van der Waals surface area (Å²) in [5, 5.41) is 7.85. The Labute approximate surface area is 177 Å². The second-order valence-corrected chi connectivity index (χ2v) is 8.01. The Hall–Kier alpha value is -3.15. The lowest BCUT2D eigenvalue weighted by Crippen LogP contribution is -2.29. The van der Waals surface area contributed by atoms with Crippen LogP contribution in [0.25, 0.3) is 5.57 Å². The molecule has 2 aliphatic heterocycles. The molecule has 5 rings (SSSR count). The monoisotopic (exact) mass is 401 g/mol. The number of anilines is 1. The van der Waals surface area contributed by atoms with Crippen molar-refractivity contribution in [1.82, 2.24) is 9.78 Å². The van der Waals surface area contributed by atoms with Crippen molar-refractivity contribution < 1.29 is 4.74 Å². The van der Waals surface area contributed by atoms with Crippen LogP contribution in [-0.2, 0) is 6.54 Å². The molecule has 2 aromatic rings. The Morgan fingerprint density at radius 3 is 2.90 bits per heavy atom. The topological polar surface area (TPSA) is 63.8 Å². The molecule has 0 radical (unpaired) electrons. The van der Waals surface area contributed by atoms with E-state index in [0.29, 0.717) is 6.10 Å². The van der Waals surface area contributed by atoms with Gasteiger partial charge in [0.05, 0.1) is 23.9 Å². The maximum atomic E-state index is 6.22. The van der Waals surface area contributed by atoms with Crippen molar-refractivity contribution in [2.45, 2.75) is 51.7 Å². The van der Waals surface area contributed by atoms with E-state index in [0.717, 1.165) is 53.5 Å². The summed E-state index contributed by atoms with van der Waals surface area (Å²) in [6, 6.07) is 8.15. The van der Waals surface area contributed by atoms with Crippen LogP contribution in [0.3, 0.4) is 0 Å². The SMILES string of the molecule is CCn1cc(C2=CN=C3C(Nc4cccc(OC5CCCCC5)c4)=NC=CC23)cn1. The van der Waals surface area contributed by atoms with Gasteiger partial charge in [-0.15, -0.1) is 0 Å². The third kappa shape index (κ3) is 3.82. The van der Waals surface area contributed by atoms with E-state index in [2.05, 4.69) is 45.7 Å². The summed E-state index contributed by atoms with van der Waals surface area (Å²) in [6.07, 6.45) is 16.4. The summed E-state index contributed by atoms with van der Waals surface area (Å²) in [4.78, 5) is 9.25. The molecule has 1 fully saturated rings. The molecule has 1 N–H and O–H groups in total. The first-order valence-corrected chi connectivity index (χ1v) is 10.9.